The summed E-state index contributed by atoms with van der Waals surface area (Å²) in [7, 11) is 0. The van der Waals surface area contributed by atoms with Gasteiger partial charge in [0.15, 0.2) is 12.0 Å². The number of aryl methyl sites for hydroxylation is 1. The number of anilines is 3. The van der Waals surface area contributed by atoms with Gasteiger partial charge in [-0.1, -0.05) is 18.2 Å². The fraction of sp³-hybridized carbons (Fsp3) is 0.357. The predicted molar refractivity (Wildman–Crippen MR) is 144 cm³/mol. The second-order valence-electron chi connectivity index (χ2n) is 9.66. The number of carbonyl (C=O) groups is 2. The van der Waals surface area contributed by atoms with Gasteiger partial charge in [0.25, 0.3) is 11.8 Å². The molecule has 0 saturated carbocycles. The number of amides is 2. The lowest BCUT2D eigenvalue weighted by Crippen LogP contribution is -2.47. The number of aliphatic hydroxyl groups is 3. The van der Waals surface area contributed by atoms with Gasteiger partial charge >= 0.3 is 0 Å². The molecule has 5 N–H and O–H groups in total. The van der Waals surface area contributed by atoms with E-state index in [-0.39, 0.29) is 11.3 Å². The summed E-state index contributed by atoms with van der Waals surface area (Å²) in [5.41, 5.74) is 3.80. The van der Waals surface area contributed by atoms with E-state index in [2.05, 4.69) is 39.5 Å². The Morgan fingerprint density at radius 3 is 2.28 bits per heavy atom. The Labute approximate surface area is 225 Å². The number of hydrogen-bond donors (Lipinski definition) is 5. The molecule has 5 rings (SSSR count). The Bertz CT molecular complexity index is 1310. The van der Waals surface area contributed by atoms with E-state index in [0.717, 1.165) is 18.8 Å². The smallest absolute Gasteiger partial charge is 0.291 e. The number of rotatable bonds is 7. The average Bonchev–Trinajstić information content (AvgIpc) is 3.58. The Hall–Kier alpha value is -3.90. The summed E-state index contributed by atoms with van der Waals surface area (Å²) in [5, 5.41) is 34.9. The Morgan fingerprint density at radius 1 is 0.923 bits per heavy atom. The normalized spacial score (nSPS) is 23.1. The minimum Gasteiger partial charge on any atom is -0.459 e. The molecule has 206 valence electrons. The van der Waals surface area contributed by atoms with Crippen LogP contribution in [-0.2, 0) is 4.74 Å². The Morgan fingerprint density at radius 2 is 1.64 bits per heavy atom. The van der Waals surface area contributed by atoms with Crippen LogP contribution in [0.15, 0.2) is 65.3 Å². The fourth-order valence-electron chi connectivity index (χ4n) is 4.98. The molecule has 0 radical (unpaired) electrons. The number of piperazine rings is 1. The zero-order valence-electron chi connectivity index (χ0n) is 21.5. The summed E-state index contributed by atoms with van der Waals surface area (Å²) in [4.78, 5) is 30.4. The molecule has 2 aromatic carbocycles. The monoisotopic (exact) mass is 536 g/mol. The first-order valence-electron chi connectivity index (χ1n) is 12.8. The SMILES string of the molecule is Cc1ccccc1N1CCN(c2ccc(C(=O)N[C@H]3O[C@@H](CO)[C@H](O)[C@@H]3O)cc2NC(=O)c2ccco2)CC1. The van der Waals surface area contributed by atoms with Crippen molar-refractivity contribution in [1.29, 1.82) is 0 Å². The number of ether oxygens (including phenoxy) is 1. The lowest BCUT2D eigenvalue weighted by atomic mass is 10.1. The molecule has 3 heterocycles. The van der Waals surface area contributed by atoms with E-state index in [9.17, 15) is 24.9 Å². The molecule has 1 aromatic heterocycles. The number of hydrogen-bond acceptors (Lipinski definition) is 9. The van der Waals surface area contributed by atoms with Gasteiger partial charge in [0.2, 0.25) is 0 Å². The minimum atomic E-state index is -1.40. The number of furan rings is 1. The van der Waals surface area contributed by atoms with Gasteiger partial charge in [0, 0.05) is 37.4 Å². The molecule has 2 amide bonds. The number of carbonyl (C=O) groups excluding carboxylic acids is 2. The molecule has 4 atom stereocenters. The van der Waals surface area contributed by atoms with Crippen LogP contribution >= 0.6 is 0 Å². The summed E-state index contributed by atoms with van der Waals surface area (Å²) in [6.45, 7) is 4.55. The first kappa shape index (κ1) is 26.7. The molecular weight excluding hydrogens is 504 g/mol. The van der Waals surface area contributed by atoms with E-state index >= 15 is 0 Å². The van der Waals surface area contributed by atoms with Crippen molar-refractivity contribution in [2.75, 3.05) is 47.9 Å². The summed E-state index contributed by atoms with van der Waals surface area (Å²) in [5.74, 6) is -0.901. The maximum atomic E-state index is 13.0. The highest BCUT2D eigenvalue weighted by Gasteiger charge is 2.43. The third-order valence-electron chi connectivity index (χ3n) is 7.14. The van der Waals surface area contributed by atoms with Crippen molar-refractivity contribution in [3.8, 4) is 0 Å². The predicted octanol–water partition coefficient (Wildman–Crippen LogP) is 1.34. The summed E-state index contributed by atoms with van der Waals surface area (Å²) < 4.78 is 10.6. The zero-order valence-corrected chi connectivity index (χ0v) is 21.5. The van der Waals surface area contributed by atoms with Crippen LogP contribution in [0.25, 0.3) is 0 Å². The lowest BCUT2D eigenvalue weighted by molar-refractivity contribution is -0.0304. The first-order chi connectivity index (χ1) is 18.9. The third kappa shape index (κ3) is 5.62. The van der Waals surface area contributed by atoms with Crippen molar-refractivity contribution in [3.05, 3.63) is 77.7 Å². The van der Waals surface area contributed by atoms with Crippen LogP contribution in [0.5, 0.6) is 0 Å². The van der Waals surface area contributed by atoms with Crippen LogP contribution in [0.3, 0.4) is 0 Å². The lowest BCUT2D eigenvalue weighted by Gasteiger charge is -2.38. The second-order valence-corrected chi connectivity index (χ2v) is 9.66. The van der Waals surface area contributed by atoms with Gasteiger partial charge in [-0.25, -0.2) is 0 Å². The number of nitrogens with zero attached hydrogens (tertiary/aromatic N) is 2. The molecule has 2 saturated heterocycles. The highest BCUT2D eigenvalue weighted by Crippen LogP contribution is 2.31. The van der Waals surface area contributed by atoms with Crippen molar-refractivity contribution < 1.29 is 34.1 Å². The molecule has 0 spiro atoms. The van der Waals surface area contributed by atoms with Gasteiger partial charge < -0.3 is 44.9 Å². The van der Waals surface area contributed by atoms with Crippen LogP contribution in [-0.4, -0.2) is 84.5 Å². The van der Waals surface area contributed by atoms with Crippen molar-refractivity contribution >= 4 is 28.9 Å². The Kier molecular flexibility index (Phi) is 7.84. The first-order valence-corrected chi connectivity index (χ1v) is 12.8. The van der Waals surface area contributed by atoms with Gasteiger partial charge in [-0.05, 0) is 48.9 Å². The molecule has 2 fully saturated rings. The molecule has 39 heavy (non-hydrogen) atoms. The van der Waals surface area contributed by atoms with Crippen LogP contribution < -0.4 is 20.4 Å². The number of aliphatic hydroxyl groups excluding tert-OH is 3. The standard InChI is InChI=1S/C28H32N4O7/c1-17-5-2-3-6-20(17)31-10-12-32(13-11-31)21-9-8-18(15-19(21)29-27(37)22-7-4-14-38-22)26(36)30-28-25(35)24(34)23(16-33)39-28/h2-9,14-15,23-25,28,33-35H,10-13,16H2,1H3,(H,29,37)(H,30,36)/t23-,24-,25-,28-/m0/s1. The highest BCUT2D eigenvalue weighted by molar-refractivity contribution is 6.05. The van der Waals surface area contributed by atoms with Crippen molar-refractivity contribution in [3.63, 3.8) is 0 Å². The van der Waals surface area contributed by atoms with Gasteiger partial charge in [-0.15, -0.1) is 0 Å². The average molecular weight is 537 g/mol. The molecule has 11 heteroatoms. The van der Waals surface area contributed by atoms with Crippen LogP contribution in [0.4, 0.5) is 17.1 Å². The molecule has 0 unspecified atom stereocenters. The van der Waals surface area contributed by atoms with Crippen molar-refractivity contribution in [2.24, 2.45) is 0 Å². The van der Waals surface area contributed by atoms with Crippen LogP contribution in [0.2, 0.25) is 0 Å². The van der Waals surface area contributed by atoms with Crippen LogP contribution in [0.1, 0.15) is 26.5 Å². The van der Waals surface area contributed by atoms with Crippen molar-refractivity contribution in [2.45, 2.75) is 31.5 Å². The summed E-state index contributed by atoms with van der Waals surface area (Å²) >= 11 is 0. The van der Waals surface area contributed by atoms with Crippen LogP contribution in [0, 0.1) is 6.92 Å². The highest BCUT2D eigenvalue weighted by atomic mass is 16.6. The van der Waals surface area contributed by atoms with E-state index in [1.165, 1.54) is 17.5 Å². The van der Waals surface area contributed by atoms with Gasteiger partial charge in [-0.3, -0.25) is 9.59 Å². The van der Waals surface area contributed by atoms with Gasteiger partial charge in [0.1, 0.15) is 18.3 Å². The van der Waals surface area contributed by atoms with E-state index < -0.39 is 43.0 Å². The van der Waals surface area contributed by atoms with E-state index in [4.69, 9.17) is 9.15 Å². The van der Waals surface area contributed by atoms with Crippen molar-refractivity contribution in [1.82, 2.24) is 5.32 Å². The Balaban J connectivity index is 1.35. The third-order valence-corrected chi connectivity index (χ3v) is 7.14. The number of para-hydroxylation sites is 1. The molecule has 0 aliphatic carbocycles. The van der Waals surface area contributed by atoms with Gasteiger partial charge in [0.05, 0.1) is 24.2 Å². The number of benzene rings is 2. The second kappa shape index (κ2) is 11.5. The molecule has 0 bridgehead atoms. The maximum Gasteiger partial charge on any atom is 0.291 e. The summed E-state index contributed by atoms with van der Waals surface area (Å²) in [6, 6.07) is 16.4. The molecular formula is C28H32N4O7. The molecule has 2 aliphatic heterocycles. The topological polar surface area (TPSA) is 148 Å². The number of nitrogens with one attached hydrogen (secondary N) is 2. The fourth-order valence-corrected chi connectivity index (χ4v) is 4.98. The van der Waals surface area contributed by atoms with E-state index in [1.54, 1.807) is 30.3 Å². The summed E-state index contributed by atoms with van der Waals surface area (Å²) in [6.07, 6.45) is -3.52. The molecule has 2 aliphatic rings. The zero-order chi connectivity index (χ0) is 27.5. The molecule has 11 nitrogen and oxygen atoms in total. The maximum absolute atomic E-state index is 13.0. The van der Waals surface area contributed by atoms with E-state index in [0.29, 0.717) is 18.8 Å². The quantitative estimate of drug-likeness (QED) is 0.302. The minimum absolute atomic E-state index is 0.131. The van der Waals surface area contributed by atoms with E-state index in [1.807, 2.05) is 12.1 Å². The largest absolute Gasteiger partial charge is 0.459 e. The van der Waals surface area contributed by atoms with Gasteiger partial charge in [-0.2, -0.15) is 0 Å². The molecule has 3 aromatic rings.